The summed E-state index contributed by atoms with van der Waals surface area (Å²) in [6.45, 7) is 12.5. The third-order valence-electron chi connectivity index (χ3n) is 3.66. The number of hydrogen-bond donors (Lipinski definition) is 2. The number of benzene rings is 1. The first-order valence-electron chi connectivity index (χ1n) is 7.96. The van der Waals surface area contributed by atoms with Gasteiger partial charge in [-0.2, -0.15) is 12.6 Å². The van der Waals surface area contributed by atoms with Gasteiger partial charge < -0.3 is 14.0 Å². The monoisotopic (exact) mass is 357 g/mol. The van der Waals surface area contributed by atoms with Crippen molar-refractivity contribution in [2.24, 2.45) is 0 Å². The van der Waals surface area contributed by atoms with E-state index >= 15 is 0 Å². The van der Waals surface area contributed by atoms with Gasteiger partial charge in [0.2, 0.25) is 0 Å². The molecule has 1 fully saturated rings. The van der Waals surface area contributed by atoms with E-state index < -0.39 is 0 Å². The molecule has 1 N–H and O–H groups in total. The van der Waals surface area contributed by atoms with Crippen molar-refractivity contribution in [3.8, 4) is 0 Å². The summed E-state index contributed by atoms with van der Waals surface area (Å²) < 4.78 is 15.2. The predicted molar refractivity (Wildman–Crippen MR) is 110 cm³/mol. The molecular formula is C17H32BNO2S2. The first-order chi connectivity index (χ1) is 10.8. The predicted octanol–water partition coefficient (Wildman–Crippen LogP) is 4.64. The fraction of sp³-hybridized carbons (Fsp3) is 0.647. The van der Waals surface area contributed by atoms with Crippen molar-refractivity contribution in [2.75, 3.05) is 17.2 Å². The van der Waals surface area contributed by atoms with Gasteiger partial charge in [0, 0.05) is 11.9 Å². The van der Waals surface area contributed by atoms with Gasteiger partial charge in [-0.3, -0.25) is 0 Å². The van der Waals surface area contributed by atoms with Gasteiger partial charge >= 0.3 is 7.12 Å². The molecule has 1 heterocycles. The summed E-state index contributed by atoms with van der Waals surface area (Å²) in [5, 5.41) is 0. The van der Waals surface area contributed by atoms with Crippen molar-refractivity contribution in [3.63, 3.8) is 0 Å². The maximum Gasteiger partial charge on any atom is 0.494 e. The fourth-order valence-corrected chi connectivity index (χ4v) is 2.18. The average molecular weight is 357 g/mol. The van der Waals surface area contributed by atoms with Crippen molar-refractivity contribution in [3.05, 3.63) is 24.3 Å². The van der Waals surface area contributed by atoms with Gasteiger partial charge in [-0.15, -0.1) is 0 Å². The molecule has 0 aliphatic carbocycles. The molecule has 0 spiro atoms. The van der Waals surface area contributed by atoms with Crippen LogP contribution in [0.5, 0.6) is 0 Å². The highest BCUT2D eigenvalue weighted by Gasteiger charge is 2.51. The molecule has 1 aliphatic rings. The van der Waals surface area contributed by atoms with E-state index in [4.69, 9.17) is 9.31 Å². The van der Waals surface area contributed by atoms with Crippen LogP contribution in [0.15, 0.2) is 24.3 Å². The van der Waals surface area contributed by atoms with Crippen molar-refractivity contribution >= 4 is 42.8 Å². The summed E-state index contributed by atoms with van der Waals surface area (Å²) in [6.07, 6.45) is 4.95. The highest BCUT2D eigenvalue weighted by molar-refractivity contribution is 7.99. The van der Waals surface area contributed by atoms with E-state index in [0.717, 1.165) is 11.2 Å². The molecule has 0 unspecified atom stereocenters. The van der Waals surface area contributed by atoms with E-state index in [1.54, 1.807) is 18.2 Å². The lowest BCUT2D eigenvalue weighted by Crippen LogP contribution is -2.41. The minimum atomic E-state index is -0.284. The van der Waals surface area contributed by atoms with Crippen LogP contribution in [0.2, 0.25) is 0 Å². The Labute approximate surface area is 153 Å². The summed E-state index contributed by atoms with van der Waals surface area (Å²) in [7, 11) is -0.279. The molecule has 1 aromatic carbocycles. The Morgan fingerprint density at radius 3 is 1.74 bits per heavy atom. The van der Waals surface area contributed by atoms with Gasteiger partial charge in [0.05, 0.1) is 11.2 Å². The molecule has 3 nitrogen and oxygen atoms in total. The molecule has 1 aliphatic heterocycles. The van der Waals surface area contributed by atoms with Crippen LogP contribution in [0, 0.1) is 0 Å². The van der Waals surface area contributed by atoms with Crippen LogP contribution in [0.4, 0.5) is 5.69 Å². The molecule has 0 radical (unpaired) electrons. The van der Waals surface area contributed by atoms with Crippen LogP contribution >= 0.6 is 24.6 Å². The maximum absolute atomic E-state index is 6.00. The SMILES string of the molecule is CCC.CS.CSNc1ccc(B2OC(C)(C)C(C)(C)O2)cc1. The zero-order chi connectivity index (χ0) is 18.1. The summed E-state index contributed by atoms with van der Waals surface area (Å²) >= 11 is 5.11. The zero-order valence-corrected chi connectivity index (χ0v) is 17.5. The zero-order valence-electron chi connectivity index (χ0n) is 15.8. The first-order valence-corrected chi connectivity index (χ1v) is 10.1. The Kier molecular flexibility index (Phi) is 10.4. The quantitative estimate of drug-likeness (QED) is 0.469. The average Bonchev–Trinajstić information content (AvgIpc) is 2.71. The van der Waals surface area contributed by atoms with Crippen molar-refractivity contribution < 1.29 is 9.31 Å². The van der Waals surface area contributed by atoms with Crippen LogP contribution in [0.3, 0.4) is 0 Å². The second-order valence-corrected chi connectivity index (χ2v) is 6.84. The molecule has 0 bridgehead atoms. The van der Waals surface area contributed by atoms with Gasteiger partial charge in [-0.25, -0.2) is 0 Å². The van der Waals surface area contributed by atoms with Gasteiger partial charge in [0.15, 0.2) is 0 Å². The van der Waals surface area contributed by atoms with E-state index in [0.29, 0.717) is 0 Å². The number of nitrogens with one attached hydrogen (secondary N) is 1. The molecule has 0 saturated carbocycles. The smallest absolute Gasteiger partial charge is 0.399 e. The molecule has 1 aromatic rings. The molecule has 6 heteroatoms. The standard InChI is InChI=1S/C13H20BNO2S.C3H8.CH4S/c1-12(2)13(3,4)17-14(16-12)10-6-8-11(9-7-10)15-18-5;1-3-2;1-2/h6-9,15H,1-5H3;3H2,1-2H3;2H,1H3. The third kappa shape index (κ3) is 6.61. The summed E-state index contributed by atoms with van der Waals surface area (Å²) in [6, 6.07) is 8.16. The Balaban J connectivity index is 0.000000868. The third-order valence-corrected chi connectivity index (χ3v) is 4.10. The van der Waals surface area contributed by atoms with Crippen LogP contribution in [0.25, 0.3) is 0 Å². The lowest BCUT2D eigenvalue weighted by Gasteiger charge is -2.32. The van der Waals surface area contributed by atoms with Crippen molar-refractivity contribution in [2.45, 2.75) is 59.2 Å². The Bertz CT molecular complexity index is 423. The van der Waals surface area contributed by atoms with Crippen LogP contribution in [-0.2, 0) is 9.31 Å². The molecule has 1 saturated heterocycles. The van der Waals surface area contributed by atoms with Gasteiger partial charge in [0.25, 0.3) is 0 Å². The van der Waals surface area contributed by atoms with Gasteiger partial charge in [0.1, 0.15) is 0 Å². The molecular weight excluding hydrogens is 325 g/mol. The molecule has 0 aromatic heterocycles. The van der Waals surface area contributed by atoms with E-state index in [1.807, 2.05) is 30.5 Å². The summed E-state index contributed by atoms with van der Waals surface area (Å²) in [5.74, 6) is 0. The number of anilines is 1. The largest absolute Gasteiger partial charge is 0.494 e. The lowest BCUT2D eigenvalue weighted by atomic mass is 9.79. The number of thiol groups is 1. The Hall–Kier alpha value is -0.295. The maximum atomic E-state index is 6.00. The summed E-state index contributed by atoms with van der Waals surface area (Å²) in [4.78, 5) is 0. The second-order valence-electron chi connectivity index (χ2n) is 6.22. The molecule has 23 heavy (non-hydrogen) atoms. The van der Waals surface area contributed by atoms with Crippen LogP contribution in [0.1, 0.15) is 48.0 Å². The van der Waals surface area contributed by atoms with Crippen molar-refractivity contribution in [1.29, 1.82) is 0 Å². The molecule has 2 rings (SSSR count). The normalized spacial score (nSPS) is 17.5. The van der Waals surface area contributed by atoms with Crippen LogP contribution < -0.4 is 10.2 Å². The van der Waals surface area contributed by atoms with Gasteiger partial charge in [-0.05, 0) is 51.5 Å². The highest BCUT2D eigenvalue weighted by atomic mass is 32.2. The van der Waals surface area contributed by atoms with E-state index in [-0.39, 0.29) is 18.3 Å². The number of hydrogen-bond acceptors (Lipinski definition) is 5. The van der Waals surface area contributed by atoms with Gasteiger partial charge in [-0.1, -0.05) is 44.3 Å². The molecule has 0 amide bonds. The second kappa shape index (κ2) is 10.5. The highest BCUT2D eigenvalue weighted by Crippen LogP contribution is 2.36. The fourth-order valence-electron chi connectivity index (χ4n) is 1.81. The minimum Gasteiger partial charge on any atom is -0.399 e. The first kappa shape index (κ1) is 22.7. The summed E-state index contributed by atoms with van der Waals surface area (Å²) in [5.41, 5.74) is 1.57. The van der Waals surface area contributed by atoms with E-state index in [1.165, 1.54) is 6.42 Å². The topological polar surface area (TPSA) is 30.5 Å². The van der Waals surface area contributed by atoms with E-state index in [9.17, 15) is 0 Å². The van der Waals surface area contributed by atoms with Crippen molar-refractivity contribution in [1.82, 2.24) is 0 Å². The molecule has 0 atom stereocenters. The minimum absolute atomic E-state index is 0.279. The van der Waals surface area contributed by atoms with Crippen LogP contribution in [-0.4, -0.2) is 30.8 Å². The number of rotatable bonds is 3. The Morgan fingerprint density at radius 2 is 1.39 bits per heavy atom. The Morgan fingerprint density at radius 1 is 1.00 bits per heavy atom. The van der Waals surface area contributed by atoms with E-state index in [2.05, 4.69) is 58.9 Å². The molecule has 132 valence electrons. The lowest BCUT2D eigenvalue weighted by molar-refractivity contribution is 0.00578.